The van der Waals surface area contributed by atoms with Crippen LogP contribution in [-0.4, -0.2) is 50.9 Å². The topological polar surface area (TPSA) is 105 Å². The first-order chi connectivity index (χ1) is 6.93. The van der Waals surface area contributed by atoms with Crippen LogP contribution >= 0.6 is 0 Å². The van der Waals surface area contributed by atoms with Crippen LogP contribution < -0.4 is 15.8 Å². The largest absolute Gasteiger partial charge is 0.368 e. The lowest BCUT2D eigenvalue weighted by atomic mass is 10.4. The fraction of sp³-hybridized carbons (Fsp3) is 0.857. The number of carbonyl (C=O) groups is 1. The number of primary amides is 1. The van der Waals surface area contributed by atoms with E-state index in [-0.39, 0.29) is 0 Å². The third-order valence-corrected chi connectivity index (χ3v) is 3.86. The van der Waals surface area contributed by atoms with E-state index in [0.717, 1.165) is 0 Å². The van der Waals surface area contributed by atoms with Crippen LogP contribution in [-0.2, 0) is 15.0 Å². The van der Waals surface area contributed by atoms with Crippen molar-refractivity contribution in [1.29, 1.82) is 0 Å². The van der Waals surface area contributed by atoms with Crippen LogP contribution in [0.25, 0.3) is 0 Å². The number of nitrogens with one attached hydrogen (secondary N) is 2. The Kier molecular flexibility index (Phi) is 4.03. The molecule has 0 spiro atoms. The molecule has 1 heterocycles. The average Bonchev–Trinajstić information content (AvgIpc) is 2.18. The molecule has 1 amide bonds. The summed E-state index contributed by atoms with van der Waals surface area (Å²) in [6, 6.07) is -0.884. The van der Waals surface area contributed by atoms with Crippen molar-refractivity contribution in [2.45, 2.75) is 13.0 Å². The third-order valence-electron chi connectivity index (χ3n) is 2.17. The summed E-state index contributed by atoms with van der Waals surface area (Å²) in [5.41, 5.74) is 4.98. The van der Waals surface area contributed by atoms with Gasteiger partial charge in [-0.15, -0.1) is 0 Å². The van der Waals surface area contributed by atoms with Crippen molar-refractivity contribution in [1.82, 2.24) is 14.3 Å². The number of rotatable bonds is 4. The number of amides is 1. The van der Waals surface area contributed by atoms with Crippen molar-refractivity contribution in [2.24, 2.45) is 5.73 Å². The van der Waals surface area contributed by atoms with Crippen molar-refractivity contribution in [3.63, 3.8) is 0 Å². The Balaban J connectivity index is 2.61. The van der Waals surface area contributed by atoms with Crippen molar-refractivity contribution < 1.29 is 13.2 Å². The molecular weight excluding hydrogens is 220 g/mol. The normalized spacial score (nSPS) is 21.1. The van der Waals surface area contributed by atoms with Crippen LogP contribution in [0.5, 0.6) is 0 Å². The van der Waals surface area contributed by atoms with Gasteiger partial charge in [0.15, 0.2) is 0 Å². The Hall–Kier alpha value is -0.700. The van der Waals surface area contributed by atoms with Gasteiger partial charge in [-0.05, 0) is 6.92 Å². The SMILES string of the molecule is CC(NS(=O)(=O)N1CCNCC1)C(N)=O. The maximum absolute atomic E-state index is 11.7. The molecule has 0 aromatic heterocycles. The Morgan fingerprint density at radius 2 is 2.00 bits per heavy atom. The van der Waals surface area contributed by atoms with E-state index in [9.17, 15) is 13.2 Å². The van der Waals surface area contributed by atoms with E-state index in [1.807, 2.05) is 0 Å². The molecule has 0 bridgehead atoms. The van der Waals surface area contributed by atoms with E-state index in [4.69, 9.17) is 5.73 Å². The van der Waals surface area contributed by atoms with Gasteiger partial charge in [-0.2, -0.15) is 17.4 Å². The highest BCUT2D eigenvalue weighted by Gasteiger charge is 2.26. The molecule has 4 N–H and O–H groups in total. The molecule has 88 valence electrons. The van der Waals surface area contributed by atoms with Gasteiger partial charge in [0.2, 0.25) is 5.91 Å². The first kappa shape index (κ1) is 12.4. The summed E-state index contributed by atoms with van der Waals surface area (Å²) in [5, 5.41) is 3.04. The zero-order valence-electron chi connectivity index (χ0n) is 8.56. The maximum Gasteiger partial charge on any atom is 0.280 e. The minimum Gasteiger partial charge on any atom is -0.368 e. The lowest BCUT2D eigenvalue weighted by Gasteiger charge is -2.27. The highest BCUT2D eigenvalue weighted by Crippen LogP contribution is 2.00. The van der Waals surface area contributed by atoms with Crippen LogP contribution in [0, 0.1) is 0 Å². The van der Waals surface area contributed by atoms with Crippen LogP contribution in [0.4, 0.5) is 0 Å². The number of hydrogen-bond acceptors (Lipinski definition) is 4. The fourth-order valence-corrected chi connectivity index (χ4v) is 2.62. The summed E-state index contributed by atoms with van der Waals surface area (Å²) in [4.78, 5) is 10.7. The number of carbonyl (C=O) groups excluding carboxylic acids is 1. The lowest BCUT2D eigenvalue weighted by Crippen LogP contribution is -2.54. The zero-order valence-corrected chi connectivity index (χ0v) is 9.38. The maximum atomic E-state index is 11.7. The standard InChI is InChI=1S/C7H16N4O3S/c1-6(7(8)12)10-15(13,14)11-4-2-9-3-5-11/h6,9-10H,2-5H2,1H3,(H2,8,12). The molecule has 1 aliphatic heterocycles. The van der Waals surface area contributed by atoms with E-state index in [1.54, 1.807) is 0 Å². The first-order valence-electron chi connectivity index (χ1n) is 4.71. The second-order valence-electron chi connectivity index (χ2n) is 3.40. The van der Waals surface area contributed by atoms with Crippen molar-refractivity contribution in [2.75, 3.05) is 26.2 Å². The van der Waals surface area contributed by atoms with E-state index in [2.05, 4.69) is 10.0 Å². The molecule has 1 fully saturated rings. The molecule has 0 aliphatic carbocycles. The number of nitrogens with zero attached hydrogens (tertiary/aromatic N) is 1. The molecule has 0 radical (unpaired) electrons. The van der Waals surface area contributed by atoms with Crippen molar-refractivity contribution in [3.8, 4) is 0 Å². The number of piperazine rings is 1. The quantitative estimate of drug-likeness (QED) is 0.506. The van der Waals surface area contributed by atoms with Crippen LogP contribution in [0.1, 0.15) is 6.92 Å². The van der Waals surface area contributed by atoms with E-state index in [0.29, 0.717) is 26.2 Å². The Labute approximate surface area is 89.2 Å². The molecule has 1 rings (SSSR count). The predicted molar refractivity (Wildman–Crippen MR) is 55.2 cm³/mol. The second-order valence-corrected chi connectivity index (χ2v) is 5.10. The molecule has 0 aromatic carbocycles. The molecule has 7 nitrogen and oxygen atoms in total. The van der Waals surface area contributed by atoms with Gasteiger partial charge in [0.25, 0.3) is 10.2 Å². The molecule has 1 aliphatic rings. The lowest BCUT2D eigenvalue weighted by molar-refractivity contribution is -0.119. The molecule has 15 heavy (non-hydrogen) atoms. The van der Waals surface area contributed by atoms with Crippen molar-refractivity contribution in [3.05, 3.63) is 0 Å². The summed E-state index contributed by atoms with van der Waals surface area (Å²) in [6.07, 6.45) is 0. The van der Waals surface area contributed by atoms with E-state index < -0.39 is 22.2 Å². The summed E-state index contributed by atoms with van der Waals surface area (Å²) >= 11 is 0. The third kappa shape index (κ3) is 3.42. The fourth-order valence-electron chi connectivity index (χ4n) is 1.24. The minimum atomic E-state index is -3.59. The molecule has 1 unspecified atom stereocenters. The molecule has 0 saturated carbocycles. The van der Waals surface area contributed by atoms with Crippen LogP contribution in [0.3, 0.4) is 0 Å². The average molecular weight is 236 g/mol. The highest BCUT2D eigenvalue weighted by atomic mass is 32.2. The van der Waals surface area contributed by atoms with Gasteiger partial charge >= 0.3 is 0 Å². The summed E-state index contributed by atoms with van der Waals surface area (Å²) in [5.74, 6) is -0.686. The van der Waals surface area contributed by atoms with Gasteiger partial charge in [0.1, 0.15) is 0 Å². The van der Waals surface area contributed by atoms with Crippen LogP contribution in [0.2, 0.25) is 0 Å². The Morgan fingerprint density at radius 3 is 2.47 bits per heavy atom. The molecular formula is C7H16N4O3S. The molecule has 1 atom stereocenters. The van der Waals surface area contributed by atoms with Crippen LogP contribution in [0.15, 0.2) is 0 Å². The van der Waals surface area contributed by atoms with Gasteiger partial charge in [-0.3, -0.25) is 4.79 Å². The Bertz CT molecular complexity index is 323. The second kappa shape index (κ2) is 4.88. The van der Waals surface area contributed by atoms with E-state index in [1.165, 1.54) is 11.2 Å². The minimum absolute atomic E-state index is 0.404. The molecule has 1 saturated heterocycles. The van der Waals surface area contributed by atoms with Gasteiger partial charge < -0.3 is 11.1 Å². The van der Waals surface area contributed by atoms with Gasteiger partial charge in [0.05, 0.1) is 6.04 Å². The summed E-state index contributed by atoms with van der Waals surface area (Å²) < 4.78 is 26.9. The molecule has 8 heteroatoms. The zero-order chi connectivity index (χ0) is 11.5. The molecule has 0 aromatic rings. The monoisotopic (exact) mass is 236 g/mol. The van der Waals surface area contributed by atoms with E-state index >= 15 is 0 Å². The predicted octanol–water partition coefficient (Wildman–Crippen LogP) is -2.40. The van der Waals surface area contributed by atoms with Gasteiger partial charge in [-0.1, -0.05) is 0 Å². The van der Waals surface area contributed by atoms with Gasteiger partial charge in [0, 0.05) is 26.2 Å². The summed E-state index contributed by atoms with van der Waals surface area (Å²) in [6.45, 7) is 3.46. The summed E-state index contributed by atoms with van der Waals surface area (Å²) in [7, 11) is -3.59. The van der Waals surface area contributed by atoms with Gasteiger partial charge in [-0.25, -0.2) is 0 Å². The first-order valence-corrected chi connectivity index (χ1v) is 6.15. The highest BCUT2D eigenvalue weighted by molar-refractivity contribution is 7.87. The smallest absolute Gasteiger partial charge is 0.280 e. The Morgan fingerprint density at radius 1 is 1.47 bits per heavy atom. The number of nitrogens with two attached hydrogens (primary N) is 1. The number of hydrogen-bond donors (Lipinski definition) is 3. The van der Waals surface area contributed by atoms with Crippen molar-refractivity contribution >= 4 is 16.1 Å².